The summed E-state index contributed by atoms with van der Waals surface area (Å²) in [5.41, 5.74) is 3.15. The van der Waals surface area contributed by atoms with Gasteiger partial charge in [0.25, 0.3) is 11.8 Å². The summed E-state index contributed by atoms with van der Waals surface area (Å²) >= 11 is 0. The standard InChI is InChI=1S/C28H31N3O3/c1-2-3-21-34-26-15-9-22(10-16-26)27(32)29-24-11-13-25(14-12-24)30-17-19-31(20-18-30)28(33)23-7-5-4-6-8-23/h4-16H,2-3,17-21H2,1H3,(H,29,32). The Labute approximate surface area is 201 Å². The van der Waals surface area contributed by atoms with E-state index in [0.717, 1.165) is 48.6 Å². The highest BCUT2D eigenvalue weighted by Gasteiger charge is 2.22. The van der Waals surface area contributed by atoms with Crippen molar-refractivity contribution in [2.75, 3.05) is 43.0 Å². The van der Waals surface area contributed by atoms with Crippen LogP contribution in [0.25, 0.3) is 0 Å². The minimum atomic E-state index is -0.152. The number of hydrogen-bond donors (Lipinski definition) is 1. The third-order valence-corrected chi connectivity index (χ3v) is 5.96. The molecule has 0 aliphatic carbocycles. The number of piperazine rings is 1. The van der Waals surface area contributed by atoms with Gasteiger partial charge in [0.05, 0.1) is 6.61 Å². The first-order chi connectivity index (χ1) is 16.6. The normalized spacial score (nSPS) is 13.4. The molecule has 0 aromatic heterocycles. The minimum Gasteiger partial charge on any atom is -0.494 e. The van der Waals surface area contributed by atoms with Crippen LogP contribution < -0.4 is 15.0 Å². The first-order valence-electron chi connectivity index (χ1n) is 11.9. The van der Waals surface area contributed by atoms with Crippen molar-refractivity contribution in [1.29, 1.82) is 0 Å². The van der Waals surface area contributed by atoms with E-state index < -0.39 is 0 Å². The van der Waals surface area contributed by atoms with Crippen molar-refractivity contribution in [3.05, 3.63) is 90.0 Å². The van der Waals surface area contributed by atoms with Gasteiger partial charge in [-0.3, -0.25) is 9.59 Å². The molecular weight excluding hydrogens is 426 g/mol. The molecule has 1 heterocycles. The predicted molar refractivity (Wildman–Crippen MR) is 136 cm³/mol. The maximum atomic E-state index is 12.6. The Kier molecular flexibility index (Phi) is 7.81. The van der Waals surface area contributed by atoms with Gasteiger partial charge in [0.1, 0.15) is 5.75 Å². The van der Waals surface area contributed by atoms with Crippen LogP contribution in [0.1, 0.15) is 40.5 Å². The van der Waals surface area contributed by atoms with E-state index in [1.165, 1.54) is 0 Å². The summed E-state index contributed by atoms with van der Waals surface area (Å²) in [5, 5.41) is 2.95. The quantitative estimate of drug-likeness (QED) is 0.479. The van der Waals surface area contributed by atoms with E-state index in [1.54, 1.807) is 12.1 Å². The van der Waals surface area contributed by atoms with Crippen molar-refractivity contribution in [1.82, 2.24) is 4.90 Å². The number of rotatable bonds is 8. The number of ether oxygens (including phenoxy) is 1. The molecule has 1 N–H and O–H groups in total. The summed E-state index contributed by atoms with van der Waals surface area (Å²) in [6.45, 7) is 5.73. The van der Waals surface area contributed by atoms with E-state index in [2.05, 4.69) is 17.1 Å². The second-order valence-electron chi connectivity index (χ2n) is 8.37. The molecule has 3 aromatic rings. The Morgan fingerprint density at radius 1 is 0.824 bits per heavy atom. The Balaban J connectivity index is 1.28. The van der Waals surface area contributed by atoms with Gasteiger partial charge in [0.15, 0.2) is 0 Å². The Morgan fingerprint density at radius 2 is 1.50 bits per heavy atom. The molecule has 1 aliphatic rings. The SMILES string of the molecule is CCCCOc1ccc(C(=O)Nc2ccc(N3CCN(C(=O)c4ccccc4)CC3)cc2)cc1. The summed E-state index contributed by atoms with van der Waals surface area (Å²) in [6, 6.07) is 24.5. The molecule has 0 radical (unpaired) electrons. The molecule has 6 nitrogen and oxygen atoms in total. The van der Waals surface area contributed by atoms with Gasteiger partial charge in [-0.05, 0) is 67.1 Å². The number of amides is 2. The first-order valence-corrected chi connectivity index (χ1v) is 11.9. The van der Waals surface area contributed by atoms with Crippen molar-refractivity contribution < 1.29 is 14.3 Å². The number of anilines is 2. The van der Waals surface area contributed by atoms with Crippen LogP contribution in [-0.4, -0.2) is 49.5 Å². The fourth-order valence-corrected chi connectivity index (χ4v) is 3.93. The lowest BCUT2D eigenvalue weighted by molar-refractivity contribution is 0.0746. The van der Waals surface area contributed by atoms with Gasteiger partial charge in [-0.25, -0.2) is 0 Å². The molecule has 0 atom stereocenters. The fourth-order valence-electron chi connectivity index (χ4n) is 3.93. The second kappa shape index (κ2) is 11.4. The molecule has 0 spiro atoms. The van der Waals surface area contributed by atoms with E-state index >= 15 is 0 Å². The number of carbonyl (C=O) groups excluding carboxylic acids is 2. The van der Waals surface area contributed by atoms with Crippen molar-refractivity contribution in [3.63, 3.8) is 0 Å². The molecule has 3 aromatic carbocycles. The maximum absolute atomic E-state index is 12.6. The van der Waals surface area contributed by atoms with Crippen LogP contribution in [0, 0.1) is 0 Å². The highest BCUT2D eigenvalue weighted by molar-refractivity contribution is 6.04. The minimum absolute atomic E-state index is 0.0823. The monoisotopic (exact) mass is 457 g/mol. The van der Waals surface area contributed by atoms with Gasteiger partial charge < -0.3 is 19.9 Å². The van der Waals surface area contributed by atoms with E-state index in [9.17, 15) is 9.59 Å². The average molecular weight is 458 g/mol. The van der Waals surface area contributed by atoms with Gasteiger partial charge in [-0.2, -0.15) is 0 Å². The fraction of sp³-hybridized carbons (Fsp3) is 0.286. The van der Waals surface area contributed by atoms with Gasteiger partial charge in [0.2, 0.25) is 0 Å². The second-order valence-corrected chi connectivity index (χ2v) is 8.37. The number of unbranched alkanes of at least 4 members (excludes halogenated alkanes) is 1. The molecule has 6 heteroatoms. The van der Waals surface area contributed by atoms with Crippen molar-refractivity contribution in [3.8, 4) is 5.75 Å². The van der Waals surface area contributed by atoms with E-state index in [4.69, 9.17) is 4.74 Å². The van der Waals surface area contributed by atoms with Crippen LogP contribution in [0.4, 0.5) is 11.4 Å². The molecular formula is C28H31N3O3. The number of benzene rings is 3. The zero-order valence-electron chi connectivity index (χ0n) is 19.6. The molecule has 0 bridgehead atoms. The van der Waals surface area contributed by atoms with E-state index in [0.29, 0.717) is 25.3 Å². The van der Waals surface area contributed by atoms with Crippen LogP contribution in [-0.2, 0) is 0 Å². The summed E-state index contributed by atoms with van der Waals surface area (Å²) in [5.74, 6) is 0.708. The summed E-state index contributed by atoms with van der Waals surface area (Å²) in [6.07, 6.45) is 2.10. The lowest BCUT2D eigenvalue weighted by Crippen LogP contribution is -2.48. The van der Waals surface area contributed by atoms with Crippen LogP contribution in [0.15, 0.2) is 78.9 Å². The van der Waals surface area contributed by atoms with Crippen molar-refractivity contribution in [2.45, 2.75) is 19.8 Å². The Morgan fingerprint density at radius 3 is 2.15 bits per heavy atom. The largest absolute Gasteiger partial charge is 0.494 e. The zero-order chi connectivity index (χ0) is 23.8. The lowest BCUT2D eigenvalue weighted by Gasteiger charge is -2.36. The topological polar surface area (TPSA) is 61.9 Å². The highest BCUT2D eigenvalue weighted by atomic mass is 16.5. The molecule has 4 rings (SSSR count). The van der Waals surface area contributed by atoms with Crippen LogP contribution in [0.5, 0.6) is 5.75 Å². The number of nitrogens with zero attached hydrogens (tertiary/aromatic N) is 2. The molecule has 176 valence electrons. The highest BCUT2D eigenvalue weighted by Crippen LogP contribution is 2.21. The molecule has 0 unspecified atom stereocenters. The first kappa shape index (κ1) is 23.4. The summed E-state index contributed by atoms with van der Waals surface area (Å²) in [4.78, 5) is 29.4. The average Bonchev–Trinajstić information content (AvgIpc) is 2.90. The number of carbonyl (C=O) groups is 2. The van der Waals surface area contributed by atoms with Crippen LogP contribution in [0.3, 0.4) is 0 Å². The third-order valence-electron chi connectivity index (χ3n) is 5.96. The third kappa shape index (κ3) is 5.95. The maximum Gasteiger partial charge on any atom is 0.255 e. The Hall–Kier alpha value is -3.80. The molecule has 1 aliphatic heterocycles. The van der Waals surface area contributed by atoms with E-state index in [1.807, 2.05) is 71.6 Å². The van der Waals surface area contributed by atoms with Gasteiger partial charge in [-0.15, -0.1) is 0 Å². The van der Waals surface area contributed by atoms with Crippen LogP contribution in [0.2, 0.25) is 0 Å². The number of hydrogen-bond acceptors (Lipinski definition) is 4. The van der Waals surface area contributed by atoms with Gasteiger partial charge in [0, 0.05) is 48.7 Å². The van der Waals surface area contributed by atoms with Crippen molar-refractivity contribution >= 4 is 23.2 Å². The zero-order valence-corrected chi connectivity index (χ0v) is 19.6. The van der Waals surface area contributed by atoms with Crippen LogP contribution >= 0.6 is 0 Å². The smallest absolute Gasteiger partial charge is 0.255 e. The summed E-state index contributed by atoms with van der Waals surface area (Å²) in [7, 11) is 0. The number of nitrogens with one attached hydrogen (secondary N) is 1. The molecule has 34 heavy (non-hydrogen) atoms. The molecule has 2 amide bonds. The molecule has 1 saturated heterocycles. The lowest BCUT2D eigenvalue weighted by atomic mass is 10.1. The van der Waals surface area contributed by atoms with Gasteiger partial charge in [-0.1, -0.05) is 31.5 Å². The Bertz CT molecular complexity index is 1070. The van der Waals surface area contributed by atoms with Gasteiger partial charge >= 0.3 is 0 Å². The predicted octanol–water partition coefficient (Wildman–Crippen LogP) is 5.08. The van der Waals surface area contributed by atoms with E-state index in [-0.39, 0.29) is 11.8 Å². The molecule has 0 saturated carbocycles. The van der Waals surface area contributed by atoms with Crippen molar-refractivity contribution in [2.24, 2.45) is 0 Å². The summed E-state index contributed by atoms with van der Waals surface area (Å²) < 4.78 is 5.65. The molecule has 1 fully saturated rings.